The maximum atomic E-state index is 13.6. The van der Waals surface area contributed by atoms with Gasteiger partial charge in [0, 0.05) is 65.6 Å². The van der Waals surface area contributed by atoms with Crippen LogP contribution in [-0.2, 0) is 14.8 Å². The van der Waals surface area contributed by atoms with Crippen LogP contribution in [0.2, 0.25) is 0 Å². The van der Waals surface area contributed by atoms with Gasteiger partial charge in [0.25, 0.3) is 5.91 Å². The van der Waals surface area contributed by atoms with E-state index in [1.54, 1.807) is 12.1 Å². The number of carbonyl (C=O) groups excluding carboxylic acids is 1. The number of ether oxygens (including phenoxy) is 1. The molecule has 2 aliphatic heterocycles. The second kappa shape index (κ2) is 11.3. The zero-order valence-electron chi connectivity index (χ0n) is 20.5. The van der Waals surface area contributed by atoms with Crippen LogP contribution in [0.25, 0.3) is 6.08 Å². The van der Waals surface area contributed by atoms with Crippen LogP contribution in [0.4, 0.5) is 5.69 Å². The highest BCUT2D eigenvalue weighted by Crippen LogP contribution is 2.28. The van der Waals surface area contributed by atoms with Gasteiger partial charge >= 0.3 is 0 Å². The predicted molar refractivity (Wildman–Crippen MR) is 138 cm³/mol. The molecular formula is C26H34N4O4S. The van der Waals surface area contributed by atoms with Crippen LogP contribution in [0.15, 0.2) is 59.5 Å². The Morgan fingerprint density at radius 3 is 2.31 bits per heavy atom. The van der Waals surface area contributed by atoms with E-state index in [1.807, 2.05) is 23.1 Å². The summed E-state index contributed by atoms with van der Waals surface area (Å²) in [6, 6.07) is 15.1. The van der Waals surface area contributed by atoms with Crippen molar-refractivity contribution < 1.29 is 17.9 Å². The van der Waals surface area contributed by atoms with E-state index in [4.69, 9.17) is 4.74 Å². The molecule has 2 aromatic carbocycles. The summed E-state index contributed by atoms with van der Waals surface area (Å²) in [5.41, 5.74) is 2.38. The lowest BCUT2D eigenvalue weighted by Gasteiger charge is -2.36. The van der Waals surface area contributed by atoms with Crippen LogP contribution in [-0.4, -0.2) is 102 Å². The Kier molecular flexibility index (Phi) is 8.22. The van der Waals surface area contributed by atoms with Crippen molar-refractivity contribution in [2.45, 2.75) is 4.90 Å². The van der Waals surface area contributed by atoms with E-state index in [-0.39, 0.29) is 10.8 Å². The number of piperazine rings is 1. The van der Waals surface area contributed by atoms with Crippen LogP contribution >= 0.6 is 0 Å². The minimum absolute atomic E-state index is 0.123. The molecule has 0 radical (unpaired) electrons. The third kappa shape index (κ3) is 6.10. The van der Waals surface area contributed by atoms with Crippen molar-refractivity contribution in [3.8, 4) is 0 Å². The van der Waals surface area contributed by atoms with Gasteiger partial charge in [-0.05, 0) is 23.8 Å². The lowest BCUT2D eigenvalue weighted by Crippen LogP contribution is -2.49. The Morgan fingerprint density at radius 1 is 0.971 bits per heavy atom. The molecule has 9 heteroatoms. The monoisotopic (exact) mass is 498 g/mol. The summed E-state index contributed by atoms with van der Waals surface area (Å²) in [7, 11) is -0.653. The van der Waals surface area contributed by atoms with Gasteiger partial charge in [-0.25, -0.2) is 12.7 Å². The van der Waals surface area contributed by atoms with Gasteiger partial charge in [-0.1, -0.05) is 42.5 Å². The molecule has 35 heavy (non-hydrogen) atoms. The molecule has 1 amide bonds. The molecule has 0 aliphatic carbocycles. The van der Waals surface area contributed by atoms with Gasteiger partial charge in [0.15, 0.2) is 0 Å². The molecule has 2 aromatic rings. The first-order valence-electron chi connectivity index (χ1n) is 12.0. The number of morpholine rings is 1. The molecule has 8 nitrogen and oxygen atoms in total. The number of amides is 1. The van der Waals surface area contributed by atoms with Gasteiger partial charge < -0.3 is 14.5 Å². The molecule has 4 rings (SSSR count). The Bertz CT molecular complexity index is 1140. The van der Waals surface area contributed by atoms with E-state index in [9.17, 15) is 13.2 Å². The molecule has 0 aromatic heterocycles. The molecule has 2 aliphatic rings. The minimum Gasteiger partial charge on any atom is -0.378 e. The highest BCUT2D eigenvalue weighted by molar-refractivity contribution is 7.89. The average molecular weight is 499 g/mol. The zero-order chi connectivity index (χ0) is 24.8. The molecule has 0 spiro atoms. The molecule has 0 saturated carbocycles. The fraction of sp³-hybridized carbons (Fsp3) is 0.423. The summed E-state index contributed by atoms with van der Waals surface area (Å²) in [6.07, 6.45) is 4.27. The van der Waals surface area contributed by atoms with E-state index < -0.39 is 10.0 Å². The number of hydrogen-bond acceptors (Lipinski definition) is 6. The third-order valence-corrected chi connectivity index (χ3v) is 8.27. The first kappa shape index (κ1) is 25.4. The van der Waals surface area contributed by atoms with Crippen LogP contribution in [0.3, 0.4) is 0 Å². The van der Waals surface area contributed by atoms with Crippen LogP contribution in [0, 0.1) is 0 Å². The van der Waals surface area contributed by atoms with Crippen molar-refractivity contribution in [1.82, 2.24) is 14.1 Å². The molecule has 188 valence electrons. The van der Waals surface area contributed by atoms with Crippen LogP contribution in [0.1, 0.15) is 15.9 Å². The SMILES string of the molecule is CN(C)S(=O)(=O)c1ccc(N2CCOCC2)c(C(=O)N2CCN(CC=Cc3ccccc3)CC2)c1. The normalized spacial score (nSPS) is 17.9. The van der Waals surface area contributed by atoms with E-state index in [2.05, 4.69) is 34.1 Å². The smallest absolute Gasteiger partial charge is 0.256 e. The standard InChI is InChI=1S/C26H34N4O4S/c1-27(2)35(32,33)23-10-11-25(29-17-19-34-20-18-29)24(21-23)26(31)30-15-13-28(14-16-30)12-6-9-22-7-4-3-5-8-22/h3-11,21H,12-20H2,1-2H3. The van der Waals surface area contributed by atoms with Gasteiger partial charge in [0.1, 0.15) is 0 Å². The summed E-state index contributed by atoms with van der Waals surface area (Å²) in [6.45, 7) is 6.08. The van der Waals surface area contributed by atoms with E-state index in [0.29, 0.717) is 45.0 Å². The van der Waals surface area contributed by atoms with Crippen LogP contribution < -0.4 is 4.90 Å². The van der Waals surface area contributed by atoms with E-state index >= 15 is 0 Å². The second-order valence-corrected chi connectivity index (χ2v) is 11.1. The number of hydrogen-bond donors (Lipinski definition) is 0. The van der Waals surface area contributed by atoms with Crippen molar-refractivity contribution in [3.63, 3.8) is 0 Å². The van der Waals surface area contributed by atoms with Gasteiger partial charge in [-0.15, -0.1) is 0 Å². The van der Waals surface area contributed by atoms with E-state index in [1.165, 1.54) is 30.0 Å². The third-order valence-electron chi connectivity index (χ3n) is 6.46. The lowest BCUT2D eigenvalue weighted by atomic mass is 10.1. The predicted octanol–water partition coefficient (Wildman–Crippen LogP) is 2.24. The molecule has 0 unspecified atom stereocenters. The second-order valence-electron chi connectivity index (χ2n) is 8.97. The fourth-order valence-electron chi connectivity index (χ4n) is 4.34. The largest absolute Gasteiger partial charge is 0.378 e. The van der Waals surface area contributed by atoms with Crippen molar-refractivity contribution in [2.75, 3.05) is 78.0 Å². The quantitative estimate of drug-likeness (QED) is 0.583. The molecule has 2 heterocycles. The van der Waals surface area contributed by atoms with Gasteiger partial charge in [0.05, 0.1) is 23.7 Å². The maximum Gasteiger partial charge on any atom is 0.256 e. The topological polar surface area (TPSA) is 73.4 Å². The van der Waals surface area contributed by atoms with Crippen molar-refractivity contribution in [1.29, 1.82) is 0 Å². The Labute approximate surface area is 208 Å². The number of carbonyl (C=O) groups is 1. The summed E-state index contributed by atoms with van der Waals surface area (Å²) >= 11 is 0. The fourth-order valence-corrected chi connectivity index (χ4v) is 5.27. The van der Waals surface area contributed by atoms with E-state index in [0.717, 1.165) is 25.3 Å². The zero-order valence-corrected chi connectivity index (χ0v) is 21.3. The number of sulfonamides is 1. The van der Waals surface area contributed by atoms with Gasteiger partial charge in [0.2, 0.25) is 10.0 Å². The highest BCUT2D eigenvalue weighted by Gasteiger charge is 2.28. The molecule has 2 fully saturated rings. The molecule has 2 saturated heterocycles. The Hall–Kier alpha value is -2.72. The number of rotatable bonds is 7. The molecule has 0 N–H and O–H groups in total. The Balaban J connectivity index is 1.48. The first-order chi connectivity index (χ1) is 16.9. The summed E-state index contributed by atoms with van der Waals surface area (Å²) in [5.74, 6) is -0.123. The van der Waals surface area contributed by atoms with Gasteiger partial charge in [-0.2, -0.15) is 0 Å². The number of anilines is 1. The summed E-state index contributed by atoms with van der Waals surface area (Å²) in [5, 5.41) is 0. The average Bonchev–Trinajstić information content (AvgIpc) is 2.89. The summed E-state index contributed by atoms with van der Waals surface area (Å²) in [4.78, 5) is 20.0. The van der Waals surface area contributed by atoms with Crippen molar-refractivity contribution in [2.24, 2.45) is 0 Å². The Morgan fingerprint density at radius 2 is 1.66 bits per heavy atom. The van der Waals surface area contributed by atoms with Crippen molar-refractivity contribution in [3.05, 3.63) is 65.7 Å². The number of benzene rings is 2. The van der Waals surface area contributed by atoms with Crippen LogP contribution in [0.5, 0.6) is 0 Å². The highest BCUT2D eigenvalue weighted by atomic mass is 32.2. The maximum absolute atomic E-state index is 13.6. The molecular weight excluding hydrogens is 464 g/mol. The van der Waals surface area contributed by atoms with Gasteiger partial charge in [-0.3, -0.25) is 9.69 Å². The van der Waals surface area contributed by atoms with Crippen molar-refractivity contribution >= 4 is 27.7 Å². The number of nitrogens with zero attached hydrogens (tertiary/aromatic N) is 4. The first-order valence-corrected chi connectivity index (χ1v) is 13.4. The lowest BCUT2D eigenvalue weighted by molar-refractivity contribution is 0.0649. The molecule has 0 bridgehead atoms. The summed E-state index contributed by atoms with van der Waals surface area (Å²) < 4.78 is 32.2. The minimum atomic E-state index is -3.65. The molecule has 0 atom stereocenters.